The van der Waals surface area contributed by atoms with Crippen molar-refractivity contribution in [3.05, 3.63) is 29.3 Å². The van der Waals surface area contributed by atoms with E-state index in [1.807, 2.05) is 0 Å². The first-order chi connectivity index (χ1) is 9.75. The van der Waals surface area contributed by atoms with Gasteiger partial charge in [-0.15, -0.1) is 0 Å². The molecule has 1 aromatic rings. The van der Waals surface area contributed by atoms with E-state index in [1.54, 1.807) is 0 Å². The summed E-state index contributed by atoms with van der Waals surface area (Å²) >= 11 is 0. The summed E-state index contributed by atoms with van der Waals surface area (Å²) in [5.74, 6) is 0.150. The third kappa shape index (κ3) is 2.35. The van der Waals surface area contributed by atoms with Crippen molar-refractivity contribution in [3.8, 4) is 0 Å². The van der Waals surface area contributed by atoms with E-state index in [-0.39, 0.29) is 11.4 Å². The number of benzene rings is 1. The molecular weight excluding hydrogens is 248 g/mol. The van der Waals surface area contributed by atoms with Gasteiger partial charge in [-0.25, -0.2) is 0 Å². The Morgan fingerprint density at radius 1 is 1.30 bits per heavy atom. The van der Waals surface area contributed by atoms with E-state index in [0.29, 0.717) is 0 Å². The molecule has 3 heteroatoms. The molecule has 1 atom stereocenters. The summed E-state index contributed by atoms with van der Waals surface area (Å²) in [5.41, 5.74) is 3.46. The topological polar surface area (TPSA) is 41.1 Å². The molecule has 0 spiro atoms. The van der Waals surface area contributed by atoms with Gasteiger partial charge in [-0.2, -0.15) is 0 Å². The molecule has 2 N–H and O–H groups in total. The number of carbonyl (C=O) groups is 1. The first-order valence-corrected chi connectivity index (χ1v) is 7.92. The number of aryl methyl sites for hydroxylation is 1. The van der Waals surface area contributed by atoms with Crippen LogP contribution in [-0.4, -0.2) is 18.0 Å². The van der Waals surface area contributed by atoms with Crippen molar-refractivity contribution >= 4 is 11.6 Å². The lowest BCUT2D eigenvalue weighted by molar-refractivity contribution is -0.122. The maximum Gasteiger partial charge on any atom is 0.244 e. The van der Waals surface area contributed by atoms with Crippen LogP contribution in [0.3, 0.4) is 0 Å². The quantitative estimate of drug-likeness (QED) is 0.888. The highest BCUT2D eigenvalue weighted by Crippen LogP contribution is 2.30. The van der Waals surface area contributed by atoms with Crippen LogP contribution in [0.5, 0.6) is 0 Å². The Hall–Kier alpha value is -1.35. The number of nitrogens with one attached hydrogen (secondary N) is 2. The summed E-state index contributed by atoms with van der Waals surface area (Å²) in [5, 5.41) is 6.61. The van der Waals surface area contributed by atoms with E-state index >= 15 is 0 Å². The molecule has 1 aliphatic carbocycles. The number of rotatable bonds is 3. The van der Waals surface area contributed by atoms with Crippen LogP contribution in [-0.2, 0) is 17.6 Å². The van der Waals surface area contributed by atoms with Gasteiger partial charge < -0.3 is 10.6 Å². The average Bonchev–Trinajstić information content (AvgIpc) is 2.98. The minimum atomic E-state index is -0.350. The molecule has 3 nitrogen and oxygen atoms in total. The van der Waals surface area contributed by atoms with Crippen LogP contribution >= 0.6 is 0 Å². The van der Waals surface area contributed by atoms with Crippen LogP contribution < -0.4 is 10.6 Å². The Bertz CT molecular complexity index is 504. The average molecular weight is 272 g/mol. The zero-order valence-electron chi connectivity index (χ0n) is 12.3. The van der Waals surface area contributed by atoms with Crippen LogP contribution in [0.25, 0.3) is 0 Å². The molecule has 0 bridgehead atoms. The third-order valence-electron chi connectivity index (χ3n) is 4.93. The van der Waals surface area contributed by atoms with Gasteiger partial charge in [-0.1, -0.05) is 19.1 Å². The van der Waals surface area contributed by atoms with Gasteiger partial charge in [0.05, 0.1) is 5.54 Å². The van der Waals surface area contributed by atoms with Crippen molar-refractivity contribution < 1.29 is 4.79 Å². The van der Waals surface area contributed by atoms with Gasteiger partial charge in [-0.05, 0) is 68.7 Å². The van der Waals surface area contributed by atoms with Gasteiger partial charge in [0.1, 0.15) is 0 Å². The lowest BCUT2D eigenvalue weighted by atomic mass is 9.89. The van der Waals surface area contributed by atoms with Crippen LogP contribution in [0.1, 0.15) is 50.2 Å². The Balaban J connectivity index is 1.82. The second-order valence-corrected chi connectivity index (χ2v) is 6.07. The normalized spacial score (nSPS) is 25.2. The van der Waals surface area contributed by atoms with E-state index < -0.39 is 0 Å². The molecule has 0 aromatic heterocycles. The lowest BCUT2D eigenvalue weighted by Crippen LogP contribution is -2.50. The predicted octanol–water partition coefficient (Wildman–Crippen LogP) is 3.04. The van der Waals surface area contributed by atoms with E-state index in [9.17, 15) is 4.79 Å². The Labute approximate surface area is 121 Å². The second-order valence-electron chi connectivity index (χ2n) is 6.07. The summed E-state index contributed by atoms with van der Waals surface area (Å²) in [6.07, 6.45) is 7.64. The summed E-state index contributed by atoms with van der Waals surface area (Å²) in [4.78, 5) is 12.7. The van der Waals surface area contributed by atoms with E-state index in [1.165, 1.54) is 24.0 Å². The summed E-state index contributed by atoms with van der Waals surface area (Å²) in [7, 11) is 0. The number of hydrogen-bond donors (Lipinski definition) is 2. The van der Waals surface area contributed by atoms with Crippen molar-refractivity contribution in [2.24, 2.45) is 0 Å². The summed E-state index contributed by atoms with van der Waals surface area (Å²) in [6.45, 7) is 3.05. The van der Waals surface area contributed by atoms with E-state index in [4.69, 9.17) is 0 Å². The monoisotopic (exact) mass is 272 g/mol. The number of carbonyl (C=O) groups excluding carboxylic acids is 1. The number of fused-ring (bicyclic) bond motifs is 1. The van der Waals surface area contributed by atoms with E-state index in [2.05, 4.69) is 35.8 Å². The third-order valence-corrected chi connectivity index (χ3v) is 4.93. The van der Waals surface area contributed by atoms with Crippen LogP contribution in [0.2, 0.25) is 0 Å². The maximum atomic E-state index is 12.7. The summed E-state index contributed by atoms with van der Waals surface area (Å²) in [6, 6.07) is 6.33. The molecular formula is C17H24N2O. The zero-order chi connectivity index (χ0) is 14.0. The van der Waals surface area contributed by atoms with Crippen LogP contribution in [0.15, 0.2) is 18.2 Å². The molecule has 1 unspecified atom stereocenters. The highest BCUT2D eigenvalue weighted by atomic mass is 16.2. The molecule has 20 heavy (non-hydrogen) atoms. The molecule has 1 aliphatic heterocycles. The van der Waals surface area contributed by atoms with Crippen molar-refractivity contribution in [3.63, 3.8) is 0 Å². The molecule has 3 rings (SSSR count). The maximum absolute atomic E-state index is 12.7. The highest BCUT2D eigenvalue weighted by Gasteiger charge is 2.39. The van der Waals surface area contributed by atoms with Crippen molar-refractivity contribution in [1.29, 1.82) is 0 Å². The Kier molecular flexibility index (Phi) is 3.79. The fourth-order valence-electron chi connectivity index (χ4n) is 3.60. The standard InChI is InChI=1S/C17H24N2O/c1-2-17(11-6-12-18-17)16(20)19-15-10-5-8-13-7-3-4-9-14(13)15/h5,8,10,18H,2-4,6-7,9,11-12H2,1H3,(H,19,20). The fourth-order valence-corrected chi connectivity index (χ4v) is 3.60. The van der Waals surface area contributed by atoms with Crippen molar-refractivity contribution in [1.82, 2.24) is 5.32 Å². The first kappa shape index (κ1) is 13.6. The predicted molar refractivity (Wildman–Crippen MR) is 82.0 cm³/mol. The van der Waals surface area contributed by atoms with Crippen molar-refractivity contribution in [2.75, 3.05) is 11.9 Å². The Morgan fingerprint density at radius 2 is 2.15 bits per heavy atom. The molecule has 1 aromatic carbocycles. The molecule has 0 saturated carbocycles. The molecule has 108 valence electrons. The molecule has 1 amide bonds. The molecule has 1 heterocycles. The van der Waals surface area contributed by atoms with E-state index in [0.717, 1.165) is 44.3 Å². The minimum absolute atomic E-state index is 0.150. The number of anilines is 1. The smallest absolute Gasteiger partial charge is 0.244 e. The van der Waals surface area contributed by atoms with Gasteiger partial charge in [0.2, 0.25) is 5.91 Å². The SMILES string of the molecule is CCC1(C(=O)Nc2cccc3c2CCCC3)CCCN1. The van der Waals surface area contributed by atoms with Gasteiger partial charge in [0.25, 0.3) is 0 Å². The van der Waals surface area contributed by atoms with Gasteiger partial charge >= 0.3 is 0 Å². The van der Waals surface area contributed by atoms with Crippen LogP contribution in [0, 0.1) is 0 Å². The summed E-state index contributed by atoms with van der Waals surface area (Å²) < 4.78 is 0. The highest BCUT2D eigenvalue weighted by molar-refractivity contribution is 5.99. The zero-order valence-corrected chi connectivity index (χ0v) is 12.3. The van der Waals surface area contributed by atoms with Gasteiger partial charge in [0.15, 0.2) is 0 Å². The largest absolute Gasteiger partial charge is 0.324 e. The lowest BCUT2D eigenvalue weighted by Gasteiger charge is -2.28. The molecule has 1 saturated heterocycles. The number of hydrogen-bond acceptors (Lipinski definition) is 2. The van der Waals surface area contributed by atoms with Crippen molar-refractivity contribution in [2.45, 2.75) is 57.4 Å². The van der Waals surface area contributed by atoms with Crippen LogP contribution in [0.4, 0.5) is 5.69 Å². The fraction of sp³-hybridized carbons (Fsp3) is 0.588. The number of amides is 1. The molecule has 0 radical (unpaired) electrons. The van der Waals surface area contributed by atoms with Gasteiger partial charge in [-0.3, -0.25) is 4.79 Å². The first-order valence-electron chi connectivity index (χ1n) is 7.92. The molecule has 1 fully saturated rings. The minimum Gasteiger partial charge on any atom is -0.324 e. The molecule has 2 aliphatic rings. The Morgan fingerprint density at radius 3 is 2.90 bits per heavy atom. The van der Waals surface area contributed by atoms with Gasteiger partial charge in [0, 0.05) is 5.69 Å². The second kappa shape index (κ2) is 5.57.